The van der Waals surface area contributed by atoms with Gasteiger partial charge >= 0.3 is 0 Å². The molecule has 1 aromatic heterocycles. The summed E-state index contributed by atoms with van der Waals surface area (Å²) in [6.07, 6.45) is 8.18. The first-order valence-corrected chi connectivity index (χ1v) is 8.41. The smallest absolute Gasteiger partial charge is 0.133 e. The summed E-state index contributed by atoms with van der Waals surface area (Å²) in [5.41, 5.74) is 5.64. The molecule has 3 heteroatoms. The van der Waals surface area contributed by atoms with Gasteiger partial charge in [0.1, 0.15) is 10.5 Å². The zero-order chi connectivity index (χ0) is 14.2. The van der Waals surface area contributed by atoms with Crippen molar-refractivity contribution in [2.75, 3.05) is 0 Å². The second-order valence-corrected chi connectivity index (χ2v) is 6.69. The van der Waals surface area contributed by atoms with Crippen molar-refractivity contribution >= 4 is 12.2 Å². The van der Waals surface area contributed by atoms with E-state index in [2.05, 4.69) is 29.2 Å². The molecular formula is C18H20N2S. The molecule has 0 amide bonds. The second-order valence-electron chi connectivity index (χ2n) is 6.30. The minimum atomic E-state index is 0.494. The molecule has 1 aromatic carbocycles. The molecule has 0 saturated carbocycles. The number of aryl methyl sites for hydroxylation is 2. The number of benzene rings is 1. The van der Waals surface area contributed by atoms with Crippen LogP contribution in [0.1, 0.15) is 53.4 Å². The van der Waals surface area contributed by atoms with Gasteiger partial charge in [0.25, 0.3) is 0 Å². The summed E-state index contributed by atoms with van der Waals surface area (Å²) in [5, 5.41) is 0. The molecule has 2 aromatic rings. The molecule has 0 saturated heterocycles. The van der Waals surface area contributed by atoms with Gasteiger partial charge in [-0.3, -0.25) is 0 Å². The van der Waals surface area contributed by atoms with Crippen molar-refractivity contribution in [1.82, 2.24) is 9.97 Å². The molecule has 0 radical (unpaired) electrons. The molecule has 2 nitrogen and oxygen atoms in total. The van der Waals surface area contributed by atoms with Crippen LogP contribution >= 0.6 is 12.2 Å². The molecule has 1 atom stereocenters. The van der Waals surface area contributed by atoms with Gasteiger partial charge < -0.3 is 4.98 Å². The number of aromatic nitrogens is 2. The molecule has 0 bridgehead atoms. The predicted octanol–water partition coefficient (Wildman–Crippen LogP) is 4.29. The zero-order valence-corrected chi connectivity index (χ0v) is 13.0. The second kappa shape index (κ2) is 5.38. The summed E-state index contributed by atoms with van der Waals surface area (Å²) in [6.45, 7) is 0. The van der Waals surface area contributed by atoms with E-state index in [0.29, 0.717) is 5.92 Å². The lowest BCUT2D eigenvalue weighted by Gasteiger charge is -2.25. The van der Waals surface area contributed by atoms with Crippen LogP contribution in [0.2, 0.25) is 0 Å². The first kappa shape index (κ1) is 13.2. The number of fused-ring (bicyclic) bond motifs is 2. The summed E-state index contributed by atoms with van der Waals surface area (Å²) < 4.78 is 0.845. The zero-order valence-electron chi connectivity index (χ0n) is 12.2. The highest BCUT2D eigenvalue weighted by Crippen LogP contribution is 2.32. The SMILES string of the molecule is S=c1nc(C2CCc3ccccc3C2)[nH]c2c1CCCC2. The Kier molecular flexibility index (Phi) is 3.38. The Morgan fingerprint density at radius 1 is 1.05 bits per heavy atom. The normalized spacial score (nSPS) is 20.7. The Morgan fingerprint density at radius 3 is 2.76 bits per heavy atom. The van der Waals surface area contributed by atoms with Crippen LogP contribution in [-0.4, -0.2) is 9.97 Å². The van der Waals surface area contributed by atoms with Crippen LogP contribution in [-0.2, 0) is 25.7 Å². The molecule has 1 unspecified atom stereocenters. The average molecular weight is 296 g/mol. The quantitative estimate of drug-likeness (QED) is 0.795. The van der Waals surface area contributed by atoms with Crippen molar-refractivity contribution in [2.24, 2.45) is 0 Å². The number of nitrogens with one attached hydrogen (secondary N) is 1. The Hall–Kier alpha value is -1.48. The fourth-order valence-electron chi connectivity index (χ4n) is 3.76. The summed E-state index contributed by atoms with van der Waals surface area (Å²) in [7, 11) is 0. The number of nitrogens with zero attached hydrogens (tertiary/aromatic N) is 1. The fraction of sp³-hybridized carbons (Fsp3) is 0.444. The van der Waals surface area contributed by atoms with Gasteiger partial charge in [-0.05, 0) is 56.1 Å². The fourth-order valence-corrected chi connectivity index (χ4v) is 4.09. The molecule has 0 spiro atoms. The van der Waals surface area contributed by atoms with Crippen molar-refractivity contribution in [3.8, 4) is 0 Å². The third-order valence-corrected chi connectivity index (χ3v) is 5.30. The van der Waals surface area contributed by atoms with Crippen LogP contribution in [0.4, 0.5) is 0 Å². The largest absolute Gasteiger partial charge is 0.347 e. The molecule has 0 aliphatic heterocycles. The number of hydrogen-bond acceptors (Lipinski definition) is 2. The molecule has 2 aliphatic rings. The lowest BCUT2D eigenvalue weighted by molar-refractivity contribution is 0.543. The first-order chi connectivity index (χ1) is 10.3. The average Bonchev–Trinajstić information content (AvgIpc) is 2.54. The summed E-state index contributed by atoms with van der Waals surface area (Å²) in [4.78, 5) is 8.37. The van der Waals surface area contributed by atoms with E-state index in [1.165, 1.54) is 41.6 Å². The predicted molar refractivity (Wildman–Crippen MR) is 87.3 cm³/mol. The van der Waals surface area contributed by atoms with E-state index in [1.807, 2.05) is 0 Å². The van der Waals surface area contributed by atoms with Gasteiger partial charge in [-0.1, -0.05) is 36.5 Å². The van der Waals surface area contributed by atoms with Gasteiger partial charge in [-0.15, -0.1) is 0 Å². The van der Waals surface area contributed by atoms with E-state index < -0.39 is 0 Å². The maximum atomic E-state index is 5.54. The van der Waals surface area contributed by atoms with E-state index in [4.69, 9.17) is 17.2 Å². The van der Waals surface area contributed by atoms with Crippen LogP contribution < -0.4 is 0 Å². The molecule has 1 N–H and O–H groups in total. The van der Waals surface area contributed by atoms with Gasteiger partial charge in [0.15, 0.2) is 0 Å². The maximum Gasteiger partial charge on any atom is 0.133 e. The van der Waals surface area contributed by atoms with Crippen LogP contribution in [0.25, 0.3) is 0 Å². The van der Waals surface area contributed by atoms with E-state index in [1.54, 1.807) is 0 Å². The minimum Gasteiger partial charge on any atom is -0.347 e. The van der Waals surface area contributed by atoms with Gasteiger partial charge in [0.05, 0.1) is 0 Å². The van der Waals surface area contributed by atoms with Gasteiger partial charge in [-0.25, -0.2) is 4.98 Å². The summed E-state index contributed by atoms with van der Waals surface area (Å²) in [6, 6.07) is 8.80. The number of H-pyrrole nitrogens is 1. The van der Waals surface area contributed by atoms with E-state index in [0.717, 1.165) is 36.1 Å². The Bertz CT molecular complexity index is 732. The molecule has 21 heavy (non-hydrogen) atoms. The van der Waals surface area contributed by atoms with E-state index >= 15 is 0 Å². The third kappa shape index (κ3) is 2.44. The first-order valence-electron chi connectivity index (χ1n) is 8.00. The molecule has 0 fully saturated rings. The number of aromatic amines is 1. The molecule has 108 valence electrons. The van der Waals surface area contributed by atoms with Crippen molar-refractivity contribution < 1.29 is 0 Å². The van der Waals surface area contributed by atoms with Crippen LogP contribution in [0.3, 0.4) is 0 Å². The van der Waals surface area contributed by atoms with Crippen LogP contribution in [0.15, 0.2) is 24.3 Å². The van der Waals surface area contributed by atoms with Crippen molar-refractivity contribution in [3.63, 3.8) is 0 Å². The van der Waals surface area contributed by atoms with Gasteiger partial charge in [-0.2, -0.15) is 0 Å². The monoisotopic (exact) mass is 296 g/mol. The highest BCUT2D eigenvalue weighted by molar-refractivity contribution is 7.71. The van der Waals surface area contributed by atoms with E-state index in [9.17, 15) is 0 Å². The summed E-state index contributed by atoms with van der Waals surface area (Å²) >= 11 is 5.54. The van der Waals surface area contributed by atoms with Crippen molar-refractivity contribution in [3.05, 3.63) is 57.1 Å². The summed E-state index contributed by atoms with van der Waals surface area (Å²) in [5.74, 6) is 1.61. The molecule has 1 heterocycles. The van der Waals surface area contributed by atoms with Crippen molar-refractivity contribution in [1.29, 1.82) is 0 Å². The molecular weight excluding hydrogens is 276 g/mol. The van der Waals surface area contributed by atoms with Gasteiger partial charge in [0.2, 0.25) is 0 Å². The lowest BCUT2D eigenvalue weighted by atomic mass is 9.83. The number of hydrogen-bond donors (Lipinski definition) is 1. The lowest BCUT2D eigenvalue weighted by Crippen LogP contribution is -2.18. The third-order valence-electron chi connectivity index (χ3n) is 4.96. The topological polar surface area (TPSA) is 28.7 Å². The van der Waals surface area contributed by atoms with Crippen molar-refractivity contribution in [2.45, 2.75) is 50.9 Å². The van der Waals surface area contributed by atoms with Crippen LogP contribution in [0, 0.1) is 4.64 Å². The highest BCUT2D eigenvalue weighted by atomic mass is 32.1. The molecule has 2 aliphatic carbocycles. The van der Waals surface area contributed by atoms with E-state index in [-0.39, 0.29) is 0 Å². The standard InChI is InChI=1S/C18H20N2S/c21-18-15-7-3-4-8-16(15)19-17(20-18)14-10-9-12-5-1-2-6-13(12)11-14/h1-2,5-6,14H,3-4,7-11H2,(H,19,20,21). The highest BCUT2D eigenvalue weighted by Gasteiger charge is 2.23. The van der Waals surface area contributed by atoms with Gasteiger partial charge in [0, 0.05) is 17.2 Å². The minimum absolute atomic E-state index is 0.494. The maximum absolute atomic E-state index is 5.54. The Morgan fingerprint density at radius 2 is 1.86 bits per heavy atom. The molecule has 4 rings (SSSR count). The Labute approximate surface area is 130 Å². The Balaban J connectivity index is 1.69. The van der Waals surface area contributed by atoms with Crippen LogP contribution in [0.5, 0.6) is 0 Å². The number of rotatable bonds is 1.